The van der Waals surface area contributed by atoms with Crippen LogP contribution < -0.4 is 10.6 Å². The van der Waals surface area contributed by atoms with Gasteiger partial charge in [0, 0.05) is 32.1 Å². The minimum atomic E-state index is 0.724. The van der Waals surface area contributed by atoms with Crippen LogP contribution in [0.2, 0.25) is 0 Å². The van der Waals surface area contributed by atoms with E-state index in [-0.39, 0.29) is 0 Å². The third-order valence-electron chi connectivity index (χ3n) is 2.32. The third-order valence-corrected chi connectivity index (χ3v) is 2.32. The summed E-state index contributed by atoms with van der Waals surface area (Å²) in [5.74, 6) is 2.38. The molecule has 0 aliphatic heterocycles. The number of hydrogen-bond acceptors (Lipinski definition) is 5. The average Bonchev–Trinajstić information content (AvgIpc) is 2.37. The lowest BCUT2D eigenvalue weighted by Gasteiger charge is -2.08. The molecule has 0 aliphatic rings. The molecule has 0 aliphatic carbocycles. The zero-order valence-corrected chi connectivity index (χ0v) is 9.94. The molecule has 0 amide bonds. The van der Waals surface area contributed by atoms with Gasteiger partial charge in [0.15, 0.2) is 0 Å². The first-order valence-electron chi connectivity index (χ1n) is 5.44. The summed E-state index contributed by atoms with van der Waals surface area (Å²) in [5.41, 5.74) is 1.17. The van der Waals surface area contributed by atoms with Crippen LogP contribution in [-0.2, 0) is 6.54 Å². The van der Waals surface area contributed by atoms with Crippen LogP contribution in [0.25, 0.3) is 0 Å². The van der Waals surface area contributed by atoms with Gasteiger partial charge in [-0.05, 0) is 24.6 Å². The number of pyridine rings is 1. The molecule has 2 heterocycles. The van der Waals surface area contributed by atoms with E-state index in [0.29, 0.717) is 0 Å². The van der Waals surface area contributed by atoms with Crippen LogP contribution in [0.4, 0.5) is 11.6 Å². The second kappa shape index (κ2) is 5.25. The van der Waals surface area contributed by atoms with E-state index in [9.17, 15) is 0 Å². The van der Waals surface area contributed by atoms with Gasteiger partial charge < -0.3 is 10.6 Å². The Morgan fingerprint density at radius 3 is 2.53 bits per heavy atom. The second-order valence-corrected chi connectivity index (χ2v) is 3.64. The van der Waals surface area contributed by atoms with Crippen LogP contribution in [0.15, 0.2) is 30.6 Å². The minimum Gasteiger partial charge on any atom is -0.373 e. The molecule has 2 aromatic rings. The van der Waals surface area contributed by atoms with Gasteiger partial charge in [0.05, 0.1) is 0 Å². The summed E-state index contributed by atoms with van der Waals surface area (Å²) < 4.78 is 0. The van der Waals surface area contributed by atoms with E-state index in [0.717, 1.165) is 24.0 Å². The largest absolute Gasteiger partial charge is 0.373 e. The van der Waals surface area contributed by atoms with Crippen molar-refractivity contribution < 1.29 is 0 Å². The molecular weight excluding hydrogens is 214 g/mol. The maximum atomic E-state index is 4.32. The predicted octanol–water partition coefficient (Wildman–Crippen LogP) is 1.83. The van der Waals surface area contributed by atoms with Crippen molar-refractivity contribution in [3.05, 3.63) is 42.0 Å². The maximum Gasteiger partial charge on any atom is 0.132 e. The molecule has 0 saturated heterocycles. The van der Waals surface area contributed by atoms with Crippen LogP contribution in [-0.4, -0.2) is 22.0 Å². The fourth-order valence-corrected chi connectivity index (χ4v) is 1.48. The zero-order valence-electron chi connectivity index (χ0n) is 9.94. The van der Waals surface area contributed by atoms with Crippen molar-refractivity contribution in [1.82, 2.24) is 15.0 Å². The normalized spacial score (nSPS) is 10.0. The van der Waals surface area contributed by atoms with Crippen molar-refractivity contribution in [2.45, 2.75) is 13.5 Å². The number of aryl methyl sites for hydroxylation is 1. The Kier molecular flexibility index (Phi) is 3.49. The number of anilines is 2. The molecule has 2 aromatic heterocycles. The topological polar surface area (TPSA) is 62.7 Å². The summed E-state index contributed by atoms with van der Waals surface area (Å²) in [6, 6.07) is 5.83. The Hall–Kier alpha value is -2.17. The summed E-state index contributed by atoms with van der Waals surface area (Å²) in [7, 11) is 1.84. The molecule has 0 radical (unpaired) electrons. The molecular formula is C12H15N5. The lowest BCUT2D eigenvalue weighted by Crippen LogP contribution is -2.05. The lowest BCUT2D eigenvalue weighted by molar-refractivity contribution is 1.02. The number of rotatable bonds is 4. The molecule has 5 nitrogen and oxygen atoms in total. The SMILES string of the molecule is CNc1cc(NCc2ccncc2)nc(C)n1. The summed E-state index contributed by atoms with van der Waals surface area (Å²) in [5, 5.41) is 6.26. The Morgan fingerprint density at radius 2 is 1.82 bits per heavy atom. The van der Waals surface area contributed by atoms with Gasteiger partial charge in [0.2, 0.25) is 0 Å². The minimum absolute atomic E-state index is 0.724. The monoisotopic (exact) mass is 229 g/mol. The fourth-order valence-electron chi connectivity index (χ4n) is 1.48. The smallest absolute Gasteiger partial charge is 0.132 e. The van der Waals surface area contributed by atoms with Crippen LogP contribution >= 0.6 is 0 Å². The van der Waals surface area contributed by atoms with Crippen LogP contribution in [0.3, 0.4) is 0 Å². The van der Waals surface area contributed by atoms with Crippen molar-refractivity contribution in [2.75, 3.05) is 17.7 Å². The number of nitrogens with one attached hydrogen (secondary N) is 2. The summed E-state index contributed by atoms with van der Waals surface area (Å²) >= 11 is 0. The lowest BCUT2D eigenvalue weighted by atomic mass is 10.3. The third kappa shape index (κ3) is 3.14. The first kappa shape index (κ1) is 11.3. The Balaban J connectivity index is 2.06. The standard InChI is InChI=1S/C12H15N5/c1-9-16-11(13-2)7-12(17-9)15-8-10-3-5-14-6-4-10/h3-7H,8H2,1-2H3,(H2,13,15,16,17). The molecule has 0 aromatic carbocycles. The number of aromatic nitrogens is 3. The highest BCUT2D eigenvalue weighted by Crippen LogP contribution is 2.11. The zero-order chi connectivity index (χ0) is 12.1. The molecule has 0 atom stereocenters. The summed E-state index contributed by atoms with van der Waals surface area (Å²) in [6.45, 7) is 2.60. The number of nitrogens with zero attached hydrogens (tertiary/aromatic N) is 3. The van der Waals surface area contributed by atoms with E-state index in [1.807, 2.05) is 32.2 Å². The average molecular weight is 229 g/mol. The van der Waals surface area contributed by atoms with E-state index in [1.54, 1.807) is 12.4 Å². The van der Waals surface area contributed by atoms with Crippen LogP contribution in [0.1, 0.15) is 11.4 Å². The molecule has 0 unspecified atom stereocenters. The van der Waals surface area contributed by atoms with E-state index >= 15 is 0 Å². The molecule has 0 fully saturated rings. The van der Waals surface area contributed by atoms with E-state index in [4.69, 9.17) is 0 Å². The van der Waals surface area contributed by atoms with Crippen LogP contribution in [0.5, 0.6) is 0 Å². The number of hydrogen-bond donors (Lipinski definition) is 2. The molecule has 88 valence electrons. The highest BCUT2D eigenvalue weighted by molar-refractivity contribution is 5.47. The van der Waals surface area contributed by atoms with Gasteiger partial charge in [0.25, 0.3) is 0 Å². The fraction of sp³-hybridized carbons (Fsp3) is 0.250. The van der Waals surface area contributed by atoms with Crippen molar-refractivity contribution in [3.8, 4) is 0 Å². The van der Waals surface area contributed by atoms with Gasteiger partial charge >= 0.3 is 0 Å². The maximum absolute atomic E-state index is 4.32. The second-order valence-electron chi connectivity index (χ2n) is 3.64. The van der Waals surface area contributed by atoms with Crippen molar-refractivity contribution in [3.63, 3.8) is 0 Å². The van der Waals surface area contributed by atoms with E-state index < -0.39 is 0 Å². The van der Waals surface area contributed by atoms with Crippen molar-refractivity contribution >= 4 is 11.6 Å². The summed E-state index contributed by atoms with van der Waals surface area (Å²) in [6.07, 6.45) is 3.56. The molecule has 0 spiro atoms. The molecule has 2 rings (SSSR count). The van der Waals surface area contributed by atoms with Crippen molar-refractivity contribution in [2.24, 2.45) is 0 Å². The van der Waals surface area contributed by atoms with Gasteiger partial charge in [-0.15, -0.1) is 0 Å². The summed E-state index contributed by atoms with van der Waals surface area (Å²) in [4.78, 5) is 12.5. The Morgan fingerprint density at radius 1 is 1.12 bits per heavy atom. The Bertz CT molecular complexity index is 484. The van der Waals surface area contributed by atoms with Gasteiger partial charge in [-0.2, -0.15) is 0 Å². The van der Waals surface area contributed by atoms with Gasteiger partial charge in [-0.1, -0.05) is 0 Å². The molecule has 5 heteroatoms. The quantitative estimate of drug-likeness (QED) is 0.837. The van der Waals surface area contributed by atoms with Crippen LogP contribution in [0, 0.1) is 6.92 Å². The molecule has 0 bridgehead atoms. The van der Waals surface area contributed by atoms with Crippen molar-refractivity contribution in [1.29, 1.82) is 0 Å². The highest BCUT2D eigenvalue weighted by atomic mass is 15.1. The first-order chi connectivity index (χ1) is 8.28. The van der Waals surface area contributed by atoms with Gasteiger partial charge in [-0.3, -0.25) is 4.98 Å². The first-order valence-corrected chi connectivity index (χ1v) is 5.44. The highest BCUT2D eigenvalue weighted by Gasteiger charge is 2.00. The van der Waals surface area contributed by atoms with Gasteiger partial charge in [-0.25, -0.2) is 9.97 Å². The predicted molar refractivity (Wildman–Crippen MR) is 67.9 cm³/mol. The van der Waals surface area contributed by atoms with E-state index in [1.165, 1.54) is 5.56 Å². The molecule has 2 N–H and O–H groups in total. The molecule has 17 heavy (non-hydrogen) atoms. The van der Waals surface area contributed by atoms with Gasteiger partial charge in [0.1, 0.15) is 17.5 Å². The Labute approximate surface area is 100 Å². The van der Waals surface area contributed by atoms with E-state index in [2.05, 4.69) is 25.6 Å². The molecule has 0 saturated carbocycles.